The van der Waals surface area contributed by atoms with Crippen LogP contribution in [0.15, 0.2) is 0 Å². The Bertz CT molecular complexity index is 77.5. The van der Waals surface area contributed by atoms with Crippen LogP contribution in [0.1, 0.15) is 26.2 Å². The molecule has 0 aliphatic carbocycles. The minimum Gasteiger partial charge on any atom is -0.292 e. The van der Waals surface area contributed by atoms with Gasteiger partial charge in [-0.15, -0.1) is 0 Å². The van der Waals surface area contributed by atoms with Crippen molar-refractivity contribution in [2.75, 3.05) is 6.54 Å². The third-order valence-corrected chi connectivity index (χ3v) is 1.41. The van der Waals surface area contributed by atoms with Gasteiger partial charge >= 0.3 is 0 Å². The summed E-state index contributed by atoms with van der Waals surface area (Å²) in [6, 6.07) is 0. The summed E-state index contributed by atoms with van der Waals surface area (Å²) in [5.41, 5.74) is 0. The van der Waals surface area contributed by atoms with Crippen molar-refractivity contribution in [2.45, 2.75) is 26.2 Å². The standard InChI is InChI=1S/C6H13NOS/c1-2-3-4-5-7(9)6-8/h6,9H,2-5H2,1H3. The number of thiol groups is 1. The Morgan fingerprint density at radius 1 is 1.56 bits per heavy atom. The number of amides is 1. The van der Waals surface area contributed by atoms with Crippen molar-refractivity contribution in [3.63, 3.8) is 0 Å². The largest absolute Gasteiger partial charge is 0.292 e. The van der Waals surface area contributed by atoms with E-state index in [1.54, 1.807) is 0 Å². The van der Waals surface area contributed by atoms with E-state index in [-0.39, 0.29) is 0 Å². The molecule has 0 aliphatic heterocycles. The number of carbonyl (C=O) groups is 1. The number of rotatable bonds is 5. The maximum absolute atomic E-state index is 9.95. The Labute approximate surface area is 61.8 Å². The molecule has 0 aromatic carbocycles. The van der Waals surface area contributed by atoms with Gasteiger partial charge in [-0.1, -0.05) is 32.6 Å². The van der Waals surface area contributed by atoms with E-state index in [1.165, 1.54) is 17.1 Å². The molecule has 9 heavy (non-hydrogen) atoms. The lowest BCUT2D eigenvalue weighted by Crippen LogP contribution is -2.10. The highest BCUT2D eigenvalue weighted by Gasteiger charge is 1.91. The summed E-state index contributed by atoms with van der Waals surface area (Å²) in [5, 5.41) is 0. The maximum Gasteiger partial charge on any atom is 0.219 e. The molecular weight excluding hydrogens is 134 g/mol. The smallest absolute Gasteiger partial charge is 0.219 e. The van der Waals surface area contributed by atoms with Crippen LogP contribution in [0, 0.1) is 0 Å². The lowest BCUT2D eigenvalue weighted by atomic mass is 10.2. The Morgan fingerprint density at radius 2 is 2.22 bits per heavy atom. The molecule has 0 radical (unpaired) electrons. The van der Waals surface area contributed by atoms with E-state index in [0.717, 1.165) is 19.4 Å². The second kappa shape index (κ2) is 5.95. The quantitative estimate of drug-likeness (QED) is 0.355. The molecule has 0 heterocycles. The molecular formula is C6H13NOS. The predicted molar refractivity (Wildman–Crippen MR) is 41.3 cm³/mol. The first-order valence-corrected chi connectivity index (χ1v) is 3.62. The molecule has 0 aromatic heterocycles. The molecule has 0 fully saturated rings. The molecule has 0 rings (SSSR count). The van der Waals surface area contributed by atoms with Crippen molar-refractivity contribution >= 4 is 19.2 Å². The van der Waals surface area contributed by atoms with Crippen molar-refractivity contribution in [1.82, 2.24) is 4.31 Å². The highest BCUT2D eigenvalue weighted by molar-refractivity contribution is 7.78. The predicted octanol–water partition coefficient (Wildman–Crippen LogP) is 1.48. The Morgan fingerprint density at radius 3 is 2.67 bits per heavy atom. The summed E-state index contributed by atoms with van der Waals surface area (Å²) in [4.78, 5) is 9.95. The van der Waals surface area contributed by atoms with Crippen LogP contribution >= 0.6 is 12.8 Å². The molecule has 1 amide bonds. The fraction of sp³-hybridized carbons (Fsp3) is 0.833. The maximum atomic E-state index is 9.95. The molecule has 0 aliphatic rings. The Balaban J connectivity index is 2.96. The summed E-state index contributed by atoms with van der Waals surface area (Å²) >= 11 is 3.87. The highest BCUT2D eigenvalue weighted by atomic mass is 32.1. The topological polar surface area (TPSA) is 20.3 Å². The fourth-order valence-electron chi connectivity index (χ4n) is 0.577. The van der Waals surface area contributed by atoms with E-state index in [2.05, 4.69) is 19.7 Å². The lowest BCUT2D eigenvalue weighted by Gasteiger charge is -2.06. The summed E-state index contributed by atoms with van der Waals surface area (Å²) in [7, 11) is 0. The minimum absolute atomic E-state index is 0.735. The van der Waals surface area contributed by atoms with Gasteiger partial charge in [0.15, 0.2) is 0 Å². The van der Waals surface area contributed by atoms with E-state index >= 15 is 0 Å². The van der Waals surface area contributed by atoms with Crippen LogP contribution in [0.4, 0.5) is 0 Å². The van der Waals surface area contributed by atoms with Crippen molar-refractivity contribution < 1.29 is 4.79 Å². The van der Waals surface area contributed by atoms with Crippen molar-refractivity contribution in [2.24, 2.45) is 0 Å². The van der Waals surface area contributed by atoms with E-state index in [0.29, 0.717) is 0 Å². The van der Waals surface area contributed by atoms with Crippen LogP contribution in [-0.4, -0.2) is 17.3 Å². The van der Waals surface area contributed by atoms with Gasteiger partial charge in [-0.2, -0.15) is 0 Å². The number of unbranched alkanes of at least 4 members (excludes halogenated alkanes) is 2. The van der Waals surface area contributed by atoms with Crippen molar-refractivity contribution in [3.05, 3.63) is 0 Å². The lowest BCUT2D eigenvalue weighted by molar-refractivity contribution is -0.113. The molecule has 54 valence electrons. The summed E-state index contributed by atoms with van der Waals surface area (Å²) < 4.78 is 1.37. The SMILES string of the molecule is CCCCCN(S)C=O. The van der Waals surface area contributed by atoms with Gasteiger partial charge in [0.2, 0.25) is 6.41 Å². The van der Waals surface area contributed by atoms with Crippen LogP contribution < -0.4 is 0 Å². The van der Waals surface area contributed by atoms with E-state index in [4.69, 9.17) is 0 Å². The highest BCUT2D eigenvalue weighted by Crippen LogP contribution is 1.97. The Kier molecular flexibility index (Phi) is 5.83. The van der Waals surface area contributed by atoms with Crippen LogP contribution in [-0.2, 0) is 4.79 Å². The molecule has 0 atom stereocenters. The molecule has 3 heteroatoms. The van der Waals surface area contributed by atoms with E-state index < -0.39 is 0 Å². The molecule has 0 bridgehead atoms. The average Bonchev–Trinajstić information content (AvgIpc) is 1.89. The minimum atomic E-state index is 0.735. The zero-order valence-electron chi connectivity index (χ0n) is 5.71. The summed E-state index contributed by atoms with van der Waals surface area (Å²) in [6.45, 7) is 2.89. The van der Waals surface area contributed by atoms with Gasteiger partial charge in [-0.3, -0.25) is 9.10 Å². The van der Waals surface area contributed by atoms with Gasteiger partial charge in [0, 0.05) is 6.54 Å². The zero-order valence-corrected chi connectivity index (χ0v) is 6.60. The van der Waals surface area contributed by atoms with Crippen LogP contribution in [0.25, 0.3) is 0 Å². The van der Waals surface area contributed by atoms with E-state index in [9.17, 15) is 4.79 Å². The van der Waals surface area contributed by atoms with Crippen LogP contribution in [0.5, 0.6) is 0 Å². The molecule has 0 saturated carbocycles. The fourth-order valence-corrected chi connectivity index (χ4v) is 0.718. The van der Waals surface area contributed by atoms with Crippen molar-refractivity contribution in [3.8, 4) is 0 Å². The molecule has 0 spiro atoms. The van der Waals surface area contributed by atoms with Crippen LogP contribution in [0.3, 0.4) is 0 Å². The third-order valence-electron chi connectivity index (χ3n) is 1.11. The van der Waals surface area contributed by atoms with Gasteiger partial charge < -0.3 is 0 Å². The number of hydrogen-bond acceptors (Lipinski definition) is 2. The van der Waals surface area contributed by atoms with Gasteiger partial charge in [-0.05, 0) is 6.42 Å². The monoisotopic (exact) mass is 147 g/mol. The number of nitrogens with zero attached hydrogens (tertiary/aromatic N) is 1. The van der Waals surface area contributed by atoms with Gasteiger partial charge in [-0.25, -0.2) is 0 Å². The van der Waals surface area contributed by atoms with Crippen molar-refractivity contribution in [1.29, 1.82) is 0 Å². The first-order valence-electron chi connectivity index (χ1n) is 3.22. The third kappa shape index (κ3) is 5.69. The van der Waals surface area contributed by atoms with Gasteiger partial charge in [0.25, 0.3) is 0 Å². The van der Waals surface area contributed by atoms with Gasteiger partial charge in [0.05, 0.1) is 0 Å². The zero-order chi connectivity index (χ0) is 7.11. The summed E-state index contributed by atoms with van der Waals surface area (Å²) in [5.74, 6) is 0. The number of carbonyl (C=O) groups excluding carboxylic acids is 1. The van der Waals surface area contributed by atoms with E-state index in [1.807, 2.05) is 0 Å². The normalized spacial score (nSPS) is 9.11. The molecule has 0 N–H and O–H groups in total. The summed E-state index contributed by atoms with van der Waals surface area (Å²) in [6.07, 6.45) is 4.14. The molecule has 0 aromatic rings. The molecule has 0 unspecified atom stereocenters. The number of hydrogen-bond donors (Lipinski definition) is 1. The second-order valence-electron chi connectivity index (χ2n) is 1.98. The second-order valence-corrected chi connectivity index (χ2v) is 2.49. The average molecular weight is 147 g/mol. The molecule has 0 saturated heterocycles. The first kappa shape index (κ1) is 8.82. The first-order chi connectivity index (χ1) is 4.31. The molecule has 2 nitrogen and oxygen atoms in total. The van der Waals surface area contributed by atoms with Crippen LogP contribution in [0.2, 0.25) is 0 Å². The van der Waals surface area contributed by atoms with Gasteiger partial charge in [0.1, 0.15) is 0 Å². The Hall–Kier alpha value is -0.180.